The average Bonchev–Trinajstić information content (AvgIpc) is 2.39. The maximum atomic E-state index is 13.5. The molecule has 0 aromatic heterocycles. The molecule has 0 spiro atoms. The Morgan fingerprint density at radius 3 is 2.88 bits per heavy atom. The van der Waals surface area contributed by atoms with Crippen LogP contribution >= 0.6 is 0 Å². The van der Waals surface area contributed by atoms with Crippen LogP contribution in [-0.2, 0) is 4.74 Å². The van der Waals surface area contributed by atoms with E-state index >= 15 is 0 Å². The lowest BCUT2D eigenvalue weighted by molar-refractivity contribution is 0.176. The van der Waals surface area contributed by atoms with Gasteiger partial charge in [0.2, 0.25) is 0 Å². The van der Waals surface area contributed by atoms with E-state index in [1.807, 2.05) is 6.08 Å². The van der Waals surface area contributed by atoms with Crippen molar-refractivity contribution in [2.24, 2.45) is 5.73 Å². The van der Waals surface area contributed by atoms with Crippen molar-refractivity contribution in [1.29, 1.82) is 0 Å². The van der Waals surface area contributed by atoms with E-state index in [0.717, 1.165) is 18.6 Å². The zero-order chi connectivity index (χ0) is 12.3. The first-order valence-electron chi connectivity index (χ1n) is 5.64. The number of hydrogen-bond donors (Lipinski definition) is 1. The zero-order valence-corrected chi connectivity index (χ0v) is 9.78. The monoisotopic (exact) mass is 237 g/mol. The third-order valence-electron chi connectivity index (χ3n) is 2.80. The third kappa shape index (κ3) is 2.58. The first-order chi connectivity index (χ1) is 8.22. The summed E-state index contributed by atoms with van der Waals surface area (Å²) >= 11 is 0. The Hall–Kier alpha value is -1.55. The van der Waals surface area contributed by atoms with Crippen LogP contribution in [0.2, 0.25) is 0 Å². The van der Waals surface area contributed by atoms with Gasteiger partial charge in [-0.3, -0.25) is 0 Å². The lowest BCUT2D eigenvalue weighted by atomic mass is 10.0. The number of allylic oxidation sites excluding steroid dienone is 1. The van der Waals surface area contributed by atoms with Crippen molar-refractivity contribution >= 4 is 0 Å². The fourth-order valence-electron chi connectivity index (χ4n) is 1.83. The van der Waals surface area contributed by atoms with Gasteiger partial charge in [0.25, 0.3) is 0 Å². The molecule has 2 N–H and O–H groups in total. The molecule has 0 bridgehead atoms. The van der Waals surface area contributed by atoms with Gasteiger partial charge in [-0.15, -0.1) is 0 Å². The van der Waals surface area contributed by atoms with E-state index in [0.29, 0.717) is 12.2 Å². The van der Waals surface area contributed by atoms with E-state index in [2.05, 4.69) is 0 Å². The van der Waals surface area contributed by atoms with Crippen LogP contribution in [0.15, 0.2) is 30.0 Å². The van der Waals surface area contributed by atoms with Crippen LogP contribution in [-0.4, -0.2) is 13.7 Å². The van der Waals surface area contributed by atoms with Crippen LogP contribution in [0.4, 0.5) is 4.39 Å². The number of hydrogen-bond acceptors (Lipinski definition) is 3. The molecule has 0 fully saturated rings. The summed E-state index contributed by atoms with van der Waals surface area (Å²) in [7, 11) is 1.44. The highest BCUT2D eigenvalue weighted by molar-refractivity contribution is 5.33. The van der Waals surface area contributed by atoms with Crippen LogP contribution < -0.4 is 10.5 Å². The van der Waals surface area contributed by atoms with Crippen LogP contribution in [0.5, 0.6) is 5.75 Å². The number of halogens is 1. The predicted octanol–water partition coefficient (Wildman–Crippen LogP) is 2.53. The van der Waals surface area contributed by atoms with E-state index in [1.54, 1.807) is 12.1 Å². The summed E-state index contributed by atoms with van der Waals surface area (Å²) in [6, 6.07) is 4.32. The highest BCUT2D eigenvalue weighted by atomic mass is 19.1. The quantitative estimate of drug-likeness (QED) is 0.878. The maximum Gasteiger partial charge on any atom is 0.165 e. The van der Waals surface area contributed by atoms with Gasteiger partial charge in [-0.1, -0.05) is 6.07 Å². The molecule has 1 heterocycles. The normalized spacial score (nSPS) is 17.0. The van der Waals surface area contributed by atoms with E-state index in [4.69, 9.17) is 15.2 Å². The van der Waals surface area contributed by atoms with Gasteiger partial charge in [0.1, 0.15) is 5.76 Å². The predicted molar refractivity (Wildman–Crippen MR) is 63.1 cm³/mol. The van der Waals surface area contributed by atoms with Gasteiger partial charge in [-0.2, -0.15) is 0 Å². The van der Waals surface area contributed by atoms with Crippen molar-refractivity contribution in [3.8, 4) is 5.75 Å². The molecule has 17 heavy (non-hydrogen) atoms. The lowest BCUT2D eigenvalue weighted by Gasteiger charge is -2.21. The van der Waals surface area contributed by atoms with Crippen molar-refractivity contribution in [2.45, 2.75) is 18.9 Å². The second-order valence-electron chi connectivity index (χ2n) is 3.97. The molecule has 1 aliphatic rings. The van der Waals surface area contributed by atoms with Crippen LogP contribution in [0, 0.1) is 5.82 Å². The maximum absolute atomic E-state index is 13.5. The molecule has 0 saturated carbocycles. The van der Waals surface area contributed by atoms with Crippen molar-refractivity contribution in [3.63, 3.8) is 0 Å². The largest absolute Gasteiger partial charge is 0.496 e. The summed E-state index contributed by atoms with van der Waals surface area (Å²) in [4.78, 5) is 0. The van der Waals surface area contributed by atoms with Crippen molar-refractivity contribution in [3.05, 3.63) is 41.4 Å². The topological polar surface area (TPSA) is 44.5 Å². The smallest absolute Gasteiger partial charge is 0.165 e. The van der Waals surface area contributed by atoms with Crippen molar-refractivity contribution in [1.82, 2.24) is 0 Å². The van der Waals surface area contributed by atoms with Gasteiger partial charge in [-0.05, 0) is 36.6 Å². The van der Waals surface area contributed by atoms with Gasteiger partial charge >= 0.3 is 0 Å². The van der Waals surface area contributed by atoms with E-state index in [9.17, 15) is 4.39 Å². The number of methoxy groups -OCH3 is 1. The molecule has 3 nitrogen and oxygen atoms in total. The van der Waals surface area contributed by atoms with Crippen LogP contribution in [0.1, 0.15) is 24.4 Å². The summed E-state index contributed by atoms with van der Waals surface area (Å²) < 4.78 is 23.9. The molecule has 1 aromatic rings. The van der Waals surface area contributed by atoms with Gasteiger partial charge in [0, 0.05) is 0 Å². The second kappa shape index (κ2) is 5.19. The summed E-state index contributed by atoms with van der Waals surface area (Å²) in [6.07, 6.45) is 3.94. The van der Waals surface area contributed by atoms with Gasteiger partial charge in [0.05, 0.1) is 19.8 Å². The molecule has 2 rings (SSSR count). The van der Waals surface area contributed by atoms with Crippen LogP contribution in [0.25, 0.3) is 0 Å². The summed E-state index contributed by atoms with van der Waals surface area (Å²) in [5.74, 6) is 0.539. The lowest BCUT2D eigenvalue weighted by Crippen LogP contribution is -2.18. The molecule has 1 atom stereocenters. The molecule has 1 aromatic carbocycles. The summed E-state index contributed by atoms with van der Waals surface area (Å²) in [6.45, 7) is 0.679. The van der Waals surface area contributed by atoms with Crippen molar-refractivity contribution in [2.75, 3.05) is 13.7 Å². The Labute approximate surface area is 100 Å². The van der Waals surface area contributed by atoms with Gasteiger partial charge in [-0.25, -0.2) is 4.39 Å². The molecule has 4 heteroatoms. The number of rotatable bonds is 3. The average molecular weight is 237 g/mol. The minimum Gasteiger partial charge on any atom is -0.496 e. The Morgan fingerprint density at radius 2 is 2.29 bits per heavy atom. The molecule has 0 aliphatic carbocycles. The van der Waals surface area contributed by atoms with Crippen LogP contribution in [0.3, 0.4) is 0 Å². The number of ether oxygens (including phenoxy) is 2. The Bertz CT molecular complexity index is 431. The molecule has 0 saturated heterocycles. The minimum absolute atomic E-state index is 0.222. The van der Waals surface area contributed by atoms with Crippen molar-refractivity contribution < 1.29 is 13.9 Å². The molecule has 1 unspecified atom stereocenters. The summed E-state index contributed by atoms with van der Waals surface area (Å²) in [5.41, 5.74) is 6.72. The fraction of sp³-hybridized carbons (Fsp3) is 0.385. The van der Waals surface area contributed by atoms with Gasteiger partial charge in [0.15, 0.2) is 11.6 Å². The highest BCUT2D eigenvalue weighted by Crippen LogP contribution is 2.27. The van der Waals surface area contributed by atoms with E-state index < -0.39 is 11.9 Å². The molecule has 1 aliphatic heterocycles. The molecular weight excluding hydrogens is 221 g/mol. The first kappa shape index (κ1) is 11.9. The van der Waals surface area contributed by atoms with E-state index in [-0.39, 0.29) is 5.75 Å². The Kier molecular flexibility index (Phi) is 3.64. The molecule has 0 radical (unpaired) electrons. The third-order valence-corrected chi connectivity index (χ3v) is 2.80. The second-order valence-corrected chi connectivity index (χ2v) is 3.97. The zero-order valence-electron chi connectivity index (χ0n) is 9.78. The first-order valence-corrected chi connectivity index (χ1v) is 5.64. The molecule has 92 valence electrons. The standard InChI is InChI=1S/C13H16FNO2/c1-16-11-6-5-9(8-10(11)14)13(15)12-4-2-3-7-17-12/h4-6,8,13H,2-3,7,15H2,1H3. The van der Waals surface area contributed by atoms with E-state index in [1.165, 1.54) is 13.2 Å². The molecule has 0 amide bonds. The SMILES string of the molecule is COc1ccc(C(N)C2=CCCCO2)cc1F. The summed E-state index contributed by atoms with van der Waals surface area (Å²) in [5, 5.41) is 0. The van der Waals surface area contributed by atoms with Gasteiger partial charge < -0.3 is 15.2 Å². The number of nitrogens with two attached hydrogens (primary N) is 1. The fourth-order valence-corrected chi connectivity index (χ4v) is 1.83. The Morgan fingerprint density at radius 1 is 1.47 bits per heavy atom. The number of benzene rings is 1. The molecular formula is C13H16FNO2. The Balaban J connectivity index is 2.21. The minimum atomic E-state index is -0.407. The highest BCUT2D eigenvalue weighted by Gasteiger charge is 2.17.